The summed E-state index contributed by atoms with van der Waals surface area (Å²) in [5.74, 6) is -0.431. The number of benzene rings is 1. The van der Waals surface area contributed by atoms with E-state index in [9.17, 15) is 4.79 Å². The van der Waals surface area contributed by atoms with Crippen LogP contribution in [0.15, 0.2) is 48.8 Å². The van der Waals surface area contributed by atoms with Gasteiger partial charge in [0.2, 0.25) is 0 Å². The number of piperidine rings is 1. The summed E-state index contributed by atoms with van der Waals surface area (Å²) in [7, 11) is 0. The van der Waals surface area contributed by atoms with Crippen molar-refractivity contribution in [1.82, 2.24) is 4.98 Å². The number of primary amides is 1. The van der Waals surface area contributed by atoms with Crippen LogP contribution in [0.1, 0.15) is 28.8 Å². The van der Waals surface area contributed by atoms with E-state index in [2.05, 4.69) is 34.1 Å². The van der Waals surface area contributed by atoms with Crippen molar-refractivity contribution in [2.45, 2.75) is 25.4 Å². The molecule has 1 fully saturated rings. The Labute approximate surface area is 142 Å². The molecule has 0 radical (unpaired) electrons. The molecule has 0 bridgehead atoms. The maximum absolute atomic E-state index is 11.5. The molecule has 0 spiro atoms. The normalized spacial score (nSPS) is 15.4. The summed E-state index contributed by atoms with van der Waals surface area (Å²) < 4.78 is 6.02. The Kier molecular flexibility index (Phi) is 5.43. The second-order valence-electron chi connectivity index (χ2n) is 6.05. The van der Waals surface area contributed by atoms with E-state index in [4.69, 9.17) is 10.5 Å². The first kappa shape index (κ1) is 16.5. The van der Waals surface area contributed by atoms with Crippen LogP contribution in [0.2, 0.25) is 0 Å². The van der Waals surface area contributed by atoms with E-state index >= 15 is 0 Å². The molecule has 5 nitrogen and oxygen atoms in total. The predicted molar refractivity (Wildman–Crippen MR) is 94.1 cm³/mol. The maximum atomic E-state index is 11.5. The number of rotatable bonds is 6. The molecular formula is C19H23N3O2. The van der Waals surface area contributed by atoms with Crippen LogP contribution >= 0.6 is 0 Å². The molecule has 1 saturated heterocycles. The lowest BCUT2D eigenvalue weighted by atomic mass is 10.1. The van der Waals surface area contributed by atoms with Gasteiger partial charge in [0.25, 0.3) is 5.91 Å². The van der Waals surface area contributed by atoms with Gasteiger partial charge in [-0.1, -0.05) is 30.3 Å². The Morgan fingerprint density at radius 1 is 1.21 bits per heavy atom. The molecule has 2 N–H and O–H groups in total. The number of carbonyl (C=O) groups excluding carboxylic acids is 1. The average molecular weight is 325 g/mol. The van der Waals surface area contributed by atoms with Crippen LogP contribution in [0.5, 0.6) is 0 Å². The summed E-state index contributed by atoms with van der Waals surface area (Å²) in [6, 6.07) is 12.2. The van der Waals surface area contributed by atoms with Gasteiger partial charge in [0.1, 0.15) is 0 Å². The van der Waals surface area contributed by atoms with E-state index in [1.54, 1.807) is 12.4 Å². The molecule has 126 valence electrons. The van der Waals surface area contributed by atoms with Crippen molar-refractivity contribution >= 4 is 11.6 Å². The zero-order chi connectivity index (χ0) is 16.8. The standard InChI is InChI=1S/C19H23N3O2/c20-19(23)17-14-21-10-6-18(17)22-11-7-16(8-12-22)24-13-9-15-4-2-1-3-5-15/h1-6,10,14,16H,7-9,11-13H2,(H2,20,23). The monoisotopic (exact) mass is 325 g/mol. The summed E-state index contributed by atoms with van der Waals surface area (Å²) in [6.07, 6.45) is 6.37. The molecule has 0 atom stereocenters. The number of nitrogens with zero attached hydrogens (tertiary/aromatic N) is 2. The van der Waals surface area contributed by atoms with Crippen LogP contribution < -0.4 is 10.6 Å². The van der Waals surface area contributed by atoms with Crippen molar-refractivity contribution in [1.29, 1.82) is 0 Å². The van der Waals surface area contributed by atoms with Crippen molar-refractivity contribution in [2.75, 3.05) is 24.6 Å². The van der Waals surface area contributed by atoms with Crippen LogP contribution in [0.3, 0.4) is 0 Å². The average Bonchev–Trinajstić information content (AvgIpc) is 2.63. The van der Waals surface area contributed by atoms with Crippen LogP contribution in [-0.2, 0) is 11.2 Å². The molecule has 3 rings (SSSR count). The van der Waals surface area contributed by atoms with Crippen molar-refractivity contribution < 1.29 is 9.53 Å². The lowest BCUT2D eigenvalue weighted by molar-refractivity contribution is 0.0390. The van der Waals surface area contributed by atoms with Gasteiger partial charge in [-0.15, -0.1) is 0 Å². The molecule has 5 heteroatoms. The summed E-state index contributed by atoms with van der Waals surface area (Å²) in [6.45, 7) is 2.47. The van der Waals surface area contributed by atoms with E-state index < -0.39 is 5.91 Å². The highest BCUT2D eigenvalue weighted by molar-refractivity contribution is 5.98. The van der Waals surface area contributed by atoms with Crippen molar-refractivity contribution in [3.63, 3.8) is 0 Å². The number of aromatic nitrogens is 1. The number of carbonyl (C=O) groups is 1. The number of ether oxygens (including phenoxy) is 1. The highest BCUT2D eigenvalue weighted by Gasteiger charge is 2.22. The molecular weight excluding hydrogens is 302 g/mol. The molecule has 0 aliphatic carbocycles. The van der Waals surface area contributed by atoms with Gasteiger partial charge in [-0.3, -0.25) is 9.78 Å². The Morgan fingerprint density at radius 2 is 1.96 bits per heavy atom. The molecule has 2 heterocycles. The third kappa shape index (κ3) is 4.11. The van der Waals surface area contributed by atoms with Crippen LogP contribution in [-0.4, -0.2) is 36.7 Å². The molecule has 24 heavy (non-hydrogen) atoms. The van der Waals surface area contributed by atoms with E-state index in [0.717, 1.165) is 44.6 Å². The minimum atomic E-state index is -0.431. The Morgan fingerprint density at radius 3 is 2.67 bits per heavy atom. The van der Waals surface area contributed by atoms with Crippen molar-refractivity contribution in [3.05, 3.63) is 59.9 Å². The zero-order valence-electron chi connectivity index (χ0n) is 13.7. The van der Waals surface area contributed by atoms with E-state index in [-0.39, 0.29) is 6.10 Å². The van der Waals surface area contributed by atoms with Gasteiger partial charge in [-0.2, -0.15) is 0 Å². The third-order valence-corrected chi connectivity index (χ3v) is 4.43. The lowest BCUT2D eigenvalue weighted by Crippen LogP contribution is -2.38. The molecule has 1 aliphatic heterocycles. The molecule has 1 amide bonds. The number of hydrogen-bond donors (Lipinski definition) is 1. The van der Waals surface area contributed by atoms with Crippen molar-refractivity contribution in [3.8, 4) is 0 Å². The van der Waals surface area contributed by atoms with E-state index in [1.807, 2.05) is 12.1 Å². The topological polar surface area (TPSA) is 68.5 Å². The summed E-state index contributed by atoms with van der Waals surface area (Å²) in [5.41, 5.74) is 8.10. The lowest BCUT2D eigenvalue weighted by Gasteiger charge is -2.34. The molecule has 0 saturated carbocycles. The molecule has 1 aliphatic rings. The van der Waals surface area contributed by atoms with E-state index in [0.29, 0.717) is 5.56 Å². The van der Waals surface area contributed by atoms with Crippen molar-refractivity contribution in [2.24, 2.45) is 5.73 Å². The summed E-state index contributed by atoms with van der Waals surface area (Å²) >= 11 is 0. The number of hydrogen-bond acceptors (Lipinski definition) is 4. The van der Waals surface area contributed by atoms with Gasteiger partial charge < -0.3 is 15.4 Å². The molecule has 1 aromatic heterocycles. The molecule has 2 aromatic rings. The Hall–Kier alpha value is -2.40. The highest BCUT2D eigenvalue weighted by atomic mass is 16.5. The van der Waals surface area contributed by atoms with Crippen LogP contribution in [0.25, 0.3) is 0 Å². The second kappa shape index (κ2) is 7.93. The molecule has 0 unspecified atom stereocenters. The maximum Gasteiger partial charge on any atom is 0.252 e. The first-order chi connectivity index (χ1) is 11.7. The Bertz CT molecular complexity index is 667. The quantitative estimate of drug-likeness (QED) is 0.885. The number of anilines is 1. The third-order valence-electron chi connectivity index (χ3n) is 4.43. The van der Waals surface area contributed by atoms with Gasteiger partial charge in [0.05, 0.1) is 24.0 Å². The minimum Gasteiger partial charge on any atom is -0.378 e. The fourth-order valence-corrected chi connectivity index (χ4v) is 3.10. The second-order valence-corrected chi connectivity index (χ2v) is 6.05. The SMILES string of the molecule is NC(=O)c1cnccc1N1CCC(OCCc2ccccc2)CC1. The number of pyridine rings is 1. The van der Waals surface area contributed by atoms with Gasteiger partial charge in [0, 0.05) is 25.5 Å². The van der Waals surface area contributed by atoms with Gasteiger partial charge in [-0.05, 0) is 30.9 Å². The minimum absolute atomic E-state index is 0.281. The fraction of sp³-hybridized carbons (Fsp3) is 0.368. The highest BCUT2D eigenvalue weighted by Crippen LogP contribution is 2.24. The molecule has 1 aromatic carbocycles. The summed E-state index contributed by atoms with van der Waals surface area (Å²) in [4.78, 5) is 17.7. The van der Waals surface area contributed by atoms with Gasteiger partial charge in [0.15, 0.2) is 0 Å². The number of nitrogens with two attached hydrogens (primary N) is 1. The van der Waals surface area contributed by atoms with Crippen LogP contribution in [0.4, 0.5) is 5.69 Å². The van der Waals surface area contributed by atoms with Gasteiger partial charge in [-0.25, -0.2) is 0 Å². The van der Waals surface area contributed by atoms with Crippen LogP contribution in [0, 0.1) is 0 Å². The first-order valence-corrected chi connectivity index (χ1v) is 8.38. The van der Waals surface area contributed by atoms with Gasteiger partial charge >= 0.3 is 0 Å². The summed E-state index contributed by atoms with van der Waals surface area (Å²) in [5, 5.41) is 0. The largest absolute Gasteiger partial charge is 0.378 e. The Balaban J connectivity index is 1.48. The first-order valence-electron chi connectivity index (χ1n) is 8.38. The fourth-order valence-electron chi connectivity index (χ4n) is 3.10. The zero-order valence-corrected chi connectivity index (χ0v) is 13.7. The number of amides is 1. The smallest absolute Gasteiger partial charge is 0.252 e. The van der Waals surface area contributed by atoms with E-state index in [1.165, 1.54) is 5.56 Å². The predicted octanol–water partition coefficient (Wildman–Crippen LogP) is 2.41.